The number of rotatable bonds is 6. The first-order chi connectivity index (χ1) is 11.7. The summed E-state index contributed by atoms with van der Waals surface area (Å²) >= 11 is 1.96. The molecule has 2 aromatic carbocycles. The van der Waals surface area contributed by atoms with Crippen LogP contribution in [0.5, 0.6) is 0 Å². The van der Waals surface area contributed by atoms with E-state index in [0.717, 1.165) is 0 Å². The van der Waals surface area contributed by atoms with E-state index < -0.39 is 0 Å². The molecule has 25 heavy (non-hydrogen) atoms. The molecule has 0 unspecified atom stereocenters. The Morgan fingerprint density at radius 3 is 1.16 bits per heavy atom. The summed E-state index contributed by atoms with van der Waals surface area (Å²) in [4.78, 5) is 2.84. The van der Waals surface area contributed by atoms with Crippen LogP contribution in [0.2, 0.25) is 0 Å². The van der Waals surface area contributed by atoms with Crippen LogP contribution >= 0.6 is 11.8 Å². The van der Waals surface area contributed by atoms with Crippen LogP contribution in [0.25, 0.3) is 0 Å². The fourth-order valence-electron chi connectivity index (χ4n) is 3.66. The van der Waals surface area contributed by atoms with Crippen molar-refractivity contribution in [2.75, 3.05) is 0 Å². The highest BCUT2D eigenvalue weighted by atomic mass is 32.2. The average Bonchev–Trinajstić information content (AvgIpc) is 2.53. The van der Waals surface area contributed by atoms with E-state index in [1.54, 1.807) is 0 Å². The molecular weight excluding hydrogens is 320 g/mol. The Balaban J connectivity index is 2.58. The van der Waals surface area contributed by atoms with Gasteiger partial charge in [-0.2, -0.15) is 0 Å². The van der Waals surface area contributed by atoms with E-state index in [4.69, 9.17) is 0 Å². The zero-order chi connectivity index (χ0) is 18.7. The summed E-state index contributed by atoms with van der Waals surface area (Å²) in [7, 11) is 0. The maximum atomic E-state index is 2.32. The molecule has 0 aliphatic carbocycles. The molecule has 136 valence electrons. The molecule has 0 atom stereocenters. The van der Waals surface area contributed by atoms with Crippen molar-refractivity contribution in [2.24, 2.45) is 0 Å². The van der Waals surface area contributed by atoms with Gasteiger partial charge in [-0.3, -0.25) is 0 Å². The SMILES string of the molecule is CC(C)c1cccc(Sc2cccc(C(C)C)c2C(C)C)c1C(C)C. The Morgan fingerprint density at radius 2 is 0.880 bits per heavy atom. The molecule has 0 saturated heterocycles. The zero-order valence-corrected chi connectivity index (χ0v) is 18.0. The molecule has 0 aliphatic heterocycles. The van der Waals surface area contributed by atoms with Crippen LogP contribution in [-0.4, -0.2) is 0 Å². The topological polar surface area (TPSA) is 0 Å². The largest absolute Gasteiger partial charge is 0.0895 e. The molecule has 0 aliphatic rings. The predicted octanol–water partition coefficient (Wildman–Crippen LogP) is 8.33. The molecule has 0 N–H and O–H groups in total. The minimum Gasteiger partial charge on any atom is -0.0895 e. The Kier molecular flexibility index (Phi) is 6.79. The lowest BCUT2D eigenvalue weighted by Gasteiger charge is -2.23. The zero-order valence-electron chi connectivity index (χ0n) is 17.2. The molecule has 0 aromatic heterocycles. The Hall–Kier alpha value is -1.21. The fraction of sp³-hybridized carbons (Fsp3) is 0.500. The molecule has 0 saturated carbocycles. The number of hydrogen-bond donors (Lipinski definition) is 0. The lowest BCUT2D eigenvalue weighted by atomic mass is 9.90. The summed E-state index contributed by atoms with van der Waals surface area (Å²) in [6, 6.07) is 13.7. The summed E-state index contributed by atoms with van der Waals surface area (Å²) in [5.41, 5.74) is 6.02. The first-order valence-electron chi connectivity index (χ1n) is 9.67. The van der Waals surface area contributed by atoms with Crippen LogP contribution in [0.1, 0.15) is 101 Å². The third-order valence-corrected chi connectivity index (χ3v) is 5.97. The van der Waals surface area contributed by atoms with Gasteiger partial charge in [-0.15, -0.1) is 0 Å². The third-order valence-electron chi connectivity index (χ3n) is 4.82. The molecule has 2 rings (SSSR count). The van der Waals surface area contributed by atoms with E-state index in [0.29, 0.717) is 23.7 Å². The van der Waals surface area contributed by atoms with Gasteiger partial charge in [0.1, 0.15) is 0 Å². The van der Waals surface area contributed by atoms with Crippen molar-refractivity contribution in [3.05, 3.63) is 58.7 Å². The van der Waals surface area contributed by atoms with Crippen molar-refractivity contribution < 1.29 is 0 Å². The highest BCUT2D eigenvalue weighted by Crippen LogP contribution is 2.42. The molecule has 0 radical (unpaired) electrons. The molecule has 2 aromatic rings. The highest BCUT2D eigenvalue weighted by molar-refractivity contribution is 7.99. The van der Waals surface area contributed by atoms with Crippen molar-refractivity contribution in [1.29, 1.82) is 0 Å². The van der Waals surface area contributed by atoms with E-state index in [1.165, 1.54) is 32.0 Å². The average molecular weight is 355 g/mol. The van der Waals surface area contributed by atoms with Gasteiger partial charge in [-0.05, 0) is 58.1 Å². The standard InChI is InChI=1S/C24H34S/c1-15(2)19-11-9-13-21(23(19)17(5)6)25-22-14-10-12-20(16(3)4)24(22)18(7)8/h9-18H,1-8H3. The number of benzene rings is 2. The Labute approximate surface area is 159 Å². The quantitative estimate of drug-likeness (QED) is 0.502. The van der Waals surface area contributed by atoms with Crippen LogP contribution in [-0.2, 0) is 0 Å². The summed E-state index contributed by atoms with van der Waals surface area (Å²) < 4.78 is 0. The molecule has 0 nitrogen and oxygen atoms in total. The number of hydrogen-bond acceptors (Lipinski definition) is 1. The first kappa shape index (κ1) is 20.1. The van der Waals surface area contributed by atoms with Crippen LogP contribution in [0.3, 0.4) is 0 Å². The molecule has 0 bridgehead atoms. The van der Waals surface area contributed by atoms with Crippen molar-refractivity contribution in [2.45, 2.75) is 88.9 Å². The summed E-state index contributed by atoms with van der Waals surface area (Å²) in [5, 5.41) is 0. The van der Waals surface area contributed by atoms with Gasteiger partial charge in [0.25, 0.3) is 0 Å². The third kappa shape index (κ3) is 4.50. The monoisotopic (exact) mass is 354 g/mol. The van der Waals surface area contributed by atoms with Gasteiger partial charge in [0.15, 0.2) is 0 Å². The van der Waals surface area contributed by atoms with Gasteiger partial charge in [0.2, 0.25) is 0 Å². The molecule has 1 heteroatoms. The summed E-state index contributed by atoms with van der Waals surface area (Å²) in [6.07, 6.45) is 0. The van der Waals surface area contributed by atoms with Crippen molar-refractivity contribution in [3.63, 3.8) is 0 Å². The summed E-state index contributed by atoms with van der Waals surface area (Å²) in [5.74, 6) is 2.20. The maximum absolute atomic E-state index is 2.32. The van der Waals surface area contributed by atoms with Crippen molar-refractivity contribution in [3.8, 4) is 0 Å². The van der Waals surface area contributed by atoms with Gasteiger partial charge >= 0.3 is 0 Å². The second-order valence-corrected chi connectivity index (χ2v) is 9.32. The molecule has 0 fully saturated rings. The lowest BCUT2D eigenvalue weighted by Crippen LogP contribution is -2.03. The highest BCUT2D eigenvalue weighted by Gasteiger charge is 2.19. The summed E-state index contributed by atoms with van der Waals surface area (Å²) in [6.45, 7) is 18.5. The van der Waals surface area contributed by atoms with Crippen LogP contribution < -0.4 is 0 Å². The Morgan fingerprint density at radius 1 is 0.520 bits per heavy atom. The minimum absolute atomic E-state index is 0.539. The predicted molar refractivity (Wildman–Crippen MR) is 113 cm³/mol. The molecule has 0 heterocycles. The van der Waals surface area contributed by atoms with E-state index in [-0.39, 0.29) is 0 Å². The lowest BCUT2D eigenvalue weighted by molar-refractivity contribution is 0.767. The molecule has 0 spiro atoms. The maximum Gasteiger partial charge on any atom is 0.0159 e. The Bertz CT molecular complexity index is 647. The second-order valence-electron chi connectivity index (χ2n) is 8.24. The van der Waals surface area contributed by atoms with E-state index in [1.807, 2.05) is 11.8 Å². The van der Waals surface area contributed by atoms with Gasteiger partial charge in [-0.25, -0.2) is 0 Å². The van der Waals surface area contributed by atoms with Gasteiger partial charge in [0.05, 0.1) is 0 Å². The van der Waals surface area contributed by atoms with Crippen molar-refractivity contribution >= 4 is 11.8 Å². The normalized spacial score (nSPS) is 12.0. The van der Waals surface area contributed by atoms with E-state index >= 15 is 0 Å². The van der Waals surface area contributed by atoms with E-state index in [2.05, 4.69) is 91.8 Å². The van der Waals surface area contributed by atoms with Gasteiger partial charge < -0.3 is 0 Å². The van der Waals surface area contributed by atoms with Crippen LogP contribution in [0, 0.1) is 0 Å². The van der Waals surface area contributed by atoms with Gasteiger partial charge in [-0.1, -0.05) is 91.4 Å². The molecular formula is C24H34S. The van der Waals surface area contributed by atoms with E-state index in [9.17, 15) is 0 Å². The fourth-order valence-corrected chi connectivity index (χ4v) is 5.12. The van der Waals surface area contributed by atoms with Gasteiger partial charge in [0, 0.05) is 9.79 Å². The van der Waals surface area contributed by atoms with Crippen LogP contribution in [0.4, 0.5) is 0 Å². The minimum atomic E-state index is 0.539. The molecule has 0 amide bonds. The second kappa shape index (κ2) is 8.45. The van der Waals surface area contributed by atoms with Crippen LogP contribution in [0.15, 0.2) is 46.2 Å². The first-order valence-corrected chi connectivity index (χ1v) is 10.5. The smallest absolute Gasteiger partial charge is 0.0159 e. The van der Waals surface area contributed by atoms with Crippen molar-refractivity contribution in [1.82, 2.24) is 0 Å².